The van der Waals surface area contributed by atoms with Crippen LogP contribution >= 0.6 is 12.2 Å². The van der Waals surface area contributed by atoms with E-state index in [-0.39, 0.29) is 23.0 Å². The number of hydrogen-bond acceptors (Lipinski definition) is 4. The molecule has 0 aromatic carbocycles. The first-order valence-electron chi connectivity index (χ1n) is 7.66. The van der Waals surface area contributed by atoms with Gasteiger partial charge in [-0.05, 0) is 51.4 Å². The van der Waals surface area contributed by atoms with Gasteiger partial charge in [0.1, 0.15) is 11.2 Å². The van der Waals surface area contributed by atoms with Crippen LogP contribution in [0, 0.1) is 0 Å². The standard InChI is InChI=1S/C15H24N4O2S/c1-9-11(12(20)17-10-7-5-4-6-8-10)13(18-19-14(16)22)21-15(9,2)3/h10H,4-8H2,1-3H3,(H,17,20)(H3,16,19,22). The van der Waals surface area contributed by atoms with Crippen LogP contribution in [0.5, 0.6) is 0 Å². The molecule has 7 heteroatoms. The van der Waals surface area contributed by atoms with Gasteiger partial charge in [-0.1, -0.05) is 19.3 Å². The molecular weight excluding hydrogens is 300 g/mol. The van der Waals surface area contributed by atoms with E-state index in [2.05, 4.69) is 15.8 Å². The highest BCUT2D eigenvalue weighted by molar-refractivity contribution is 7.80. The van der Waals surface area contributed by atoms with E-state index >= 15 is 0 Å². The van der Waals surface area contributed by atoms with Crippen molar-refractivity contribution in [3.63, 3.8) is 0 Å². The Morgan fingerprint density at radius 2 is 2.00 bits per heavy atom. The molecule has 0 unspecified atom stereocenters. The zero-order valence-corrected chi connectivity index (χ0v) is 14.2. The van der Waals surface area contributed by atoms with Crippen LogP contribution < -0.4 is 16.5 Å². The molecule has 122 valence electrons. The number of carbonyl (C=O) groups excluding carboxylic acids is 1. The minimum atomic E-state index is -0.573. The van der Waals surface area contributed by atoms with Crippen LogP contribution in [0.3, 0.4) is 0 Å². The first-order chi connectivity index (χ1) is 10.3. The highest BCUT2D eigenvalue weighted by atomic mass is 32.1. The first kappa shape index (κ1) is 16.7. The van der Waals surface area contributed by atoms with Crippen molar-refractivity contribution in [3.8, 4) is 0 Å². The number of nitrogens with zero attached hydrogens (tertiary/aromatic N) is 1. The summed E-state index contributed by atoms with van der Waals surface area (Å²) in [6, 6.07) is 0.232. The van der Waals surface area contributed by atoms with Gasteiger partial charge in [0.05, 0.1) is 0 Å². The third-order valence-electron chi connectivity index (χ3n) is 4.28. The second-order valence-electron chi connectivity index (χ2n) is 6.31. The molecule has 1 amide bonds. The number of hydrazone groups is 1. The van der Waals surface area contributed by atoms with Crippen LogP contribution in [0.15, 0.2) is 16.2 Å². The lowest BCUT2D eigenvalue weighted by atomic mass is 9.94. The van der Waals surface area contributed by atoms with E-state index < -0.39 is 5.60 Å². The van der Waals surface area contributed by atoms with Crippen molar-refractivity contribution in [2.45, 2.75) is 64.5 Å². The third kappa shape index (κ3) is 3.76. The van der Waals surface area contributed by atoms with Gasteiger partial charge in [0, 0.05) is 6.04 Å². The van der Waals surface area contributed by atoms with Crippen LogP contribution in [-0.2, 0) is 9.53 Å². The van der Waals surface area contributed by atoms with Crippen LogP contribution in [0.1, 0.15) is 52.9 Å². The Morgan fingerprint density at radius 3 is 2.59 bits per heavy atom. The largest absolute Gasteiger partial charge is 0.465 e. The molecule has 4 N–H and O–H groups in total. The number of nitrogens with one attached hydrogen (secondary N) is 2. The van der Waals surface area contributed by atoms with Crippen LogP contribution in [0.25, 0.3) is 0 Å². The van der Waals surface area contributed by atoms with Gasteiger partial charge in [-0.15, -0.1) is 5.10 Å². The third-order valence-corrected chi connectivity index (χ3v) is 4.37. The van der Waals surface area contributed by atoms with E-state index in [1.165, 1.54) is 6.42 Å². The molecule has 0 atom stereocenters. The van der Waals surface area contributed by atoms with Crippen molar-refractivity contribution in [2.24, 2.45) is 10.8 Å². The molecule has 0 bridgehead atoms. The number of carbonyl (C=O) groups is 1. The van der Waals surface area contributed by atoms with E-state index in [0.717, 1.165) is 31.3 Å². The molecule has 0 saturated heterocycles. The molecule has 1 fully saturated rings. The van der Waals surface area contributed by atoms with Crippen LogP contribution in [0.4, 0.5) is 0 Å². The summed E-state index contributed by atoms with van der Waals surface area (Å²) < 4.78 is 5.77. The van der Waals surface area contributed by atoms with E-state index in [4.69, 9.17) is 22.7 Å². The normalized spacial score (nSPS) is 23.3. The maximum atomic E-state index is 12.6. The summed E-state index contributed by atoms with van der Waals surface area (Å²) in [7, 11) is 0. The van der Waals surface area contributed by atoms with E-state index in [0.29, 0.717) is 5.57 Å². The Bertz CT molecular complexity index is 534. The van der Waals surface area contributed by atoms with Gasteiger partial charge in [0.25, 0.3) is 5.91 Å². The molecule has 0 spiro atoms. The fourth-order valence-corrected chi connectivity index (χ4v) is 2.83. The summed E-state index contributed by atoms with van der Waals surface area (Å²) >= 11 is 4.74. The molecule has 1 heterocycles. The number of nitrogens with two attached hydrogens (primary N) is 1. The molecule has 0 radical (unpaired) electrons. The maximum absolute atomic E-state index is 12.6. The number of thiocarbonyl (C=S) groups is 1. The van der Waals surface area contributed by atoms with Crippen molar-refractivity contribution in [1.29, 1.82) is 0 Å². The summed E-state index contributed by atoms with van der Waals surface area (Å²) in [5.41, 5.74) is 8.63. The van der Waals surface area contributed by atoms with Gasteiger partial charge in [0.2, 0.25) is 5.90 Å². The Balaban J connectivity index is 2.18. The topological polar surface area (TPSA) is 88.7 Å². The molecule has 2 rings (SSSR count). The van der Waals surface area contributed by atoms with E-state index in [1.54, 1.807) is 0 Å². The monoisotopic (exact) mass is 324 g/mol. The smallest absolute Gasteiger partial charge is 0.257 e. The lowest BCUT2D eigenvalue weighted by Gasteiger charge is -2.23. The van der Waals surface area contributed by atoms with Gasteiger partial charge in [0.15, 0.2) is 5.11 Å². The van der Waals surface area contributed by atoms with Crippen LogP contribution in [-0.4, -0.2) is 28.6 Å². The predicted octanol–water partition coefficient (Wildman–Crippen LogP) is 1.71. The SMILES string of the molecule is CC1=C(C(=O)NC2CCCCC2)C(=NNC(N)=S)OC1(C)C. The zero-order valence-electron chi connectivity index (χ0n) is 13.4. The van der Waals surface area contributed by atoms with Crippen molar-refractivity contribution < 1.29 is 9.53 Å². The predicted molar refractivity (Wildman–Crippen MR) is 90.2 cm³/mol. The zero-order chi connectivity index (χ0) is 16.3. The fraction of sp³-hybridized carbons (Fsp3) is 0.667. The highest BCUT2D eigenvalue weighted by Gasteiger charge is 2.40. The maximum Gasteiger partial charge on any atom is 0.257 e. The summed E-state index contributed by atoms with van der Waals surface area (Å²) in [6.45, 7) is 5.69. The molecule has 0 aromatic rings. The van der Waals surface area contributed by atoms with E-state index in [9.17, 15) is 4.79 Å². The Labute approximate surface area is 136 Å². The molecule has 0 aromatic heterocycles. The molecule has 1 aliphatic carbocycles. The lowest BCUT2D eigenvalue weighted by molar-refractivity contribution is -0.117. The van der Waals surface area contributed by atoms with Gasteiger partial charge < -0.3 is 15.8 Å². The van der Waals surface area contributed by atoms with Crippen LogP contribution in [0.2, 0.25) is 0 Å². The Hall–Kier alpha value is -1.63. The quantitative estimate of drug-likeness (QED) is 0.543. The Kier molecular flexibility index (Phi) is 5.05. The highest BCUT2D eigenvalue weighted by Crippen LogP contribution is 2.33. The minimum Gasteiger partial charge on any atom is -0.465 e. The van der Waals surface area contributed by atoms with Gasteiger partial charge in [-0.2, -0.15) is 0 Å². The second kappa shape index (κ2) is 6.64. The minimum absolute atomic E-state index is 0.0329. The number of hydrogen-bond donors (Lipinski definition) is 3. The average molecular weight is 324 g/mol. The van der Waals surface area contributed by atoms with Gasteiger partial charge in [-0.3, -0.25) is 10.2 Å². The summed E-state index contributed by atoms with van der Waals surface area (Å²) in [5, 5.41) is 7.15. The van der Waals surface area contributed by atoms with Gasteiger partial charge in [-0.25, -0.2) is 0 Å². The summed E-state index contributed by atoms with van der Waals surface area (Å²) in [4.78, 5) is 12.6. The van der Waals surface area contributed by atoms with Gasteiger partial charge >= 0.3 is 0 Å². The summed E-state index contributed by atoms with van der Waals surface area (Å²) in [5.74, 6) is 0.0991. The molecule has 2 aliphatic rings. The Morgan fingerprint density at radius 1 is 1.36 bits per heavy atom. The van der Waals surface area contributed by atoms with Crippen molar-refractivity contribution in [3.05, 3.63) is 11.1 Å². The first-order valence-corrected chi connectivity index (χ1v) is 8.07. The second-order valence-corrected chi connectivity index (χ2v) is 6.75. The number of rotatable bonds is 3. The fourth-order valence-electron chi connectivity index (χ4n) is 2.79. The summed E-state index contributed by atoms with van der Waals surface area (Å²) in [6.07, 6.45) is 5.62. The molecule has 6 nitrogen and oxygen atoms in total. The molecule has 1 aliphatic heterocycles. The molecule has 22 heavy (non-hydrogen) atoms. The number of amides is 1. The lowest BCUT2D eigenvalue weighted by Crippen LogP contribution is -2.38. The average Bonchev–Trinajstić information content (AvgIpc) is 2.68. The molecule has 1 saturated carbocycles. The van der Waals surface area contributed by atoms with Crippen molar-refractivity contribution in [1.82, 2.24) is 10.7 Å². The van der Waals surface area contributed by atoms with E-state index in [1.807, 2.05) is 20.8 Å². The molecular formula is C15H24N4O2S. The van der Waals surface area contributed by atoms with Crippen molar-refractivity contribution in [2.75, 3.05) is 0 Å². The van der Waals surface area contributed by atoms with Crippen molar-refractivity contribution >= 4 is 29.1 Å². The number of ether oxygens (including phenoxy) is 1.